The maximum absolute atomic E-state index is 14.5. The van der Waals surface area contributed by atoms with Crippen LogP contribution in [0.15, 0.2) is 83.4 Å². The van der Waals surface area contributed by atoms with Gasteiger partial charge in [-0.2, -0.15) is 0 Å². The molecule has 2 aliphatic heterocycles. The third kappa shape index (κ3) is 10.9. The van der Waals surface area contributed by atoms with Crippen LogP contribution in [-0.4, -0.2) is 108 Å². The number of hydrogen-bond donors (Lipinski definition) is 0. The monoisotopic (exact) mass is 1040 g/mol. The number of anilines is 2. The first kappa shape index (κ1) is 47.8. The first-order valence-electron chi connectivity index (χ1n) is 21.5. The van der Waals surface area contributed by atoms with Gasteiger partial charge in [-0.25, -0.2) is 56.1 Å². The lowest BCUT2D eigenvalue weighted by Crippen LogP contribution is -2.39. The molecule has 0 amide bonds. The highest BCUT2D eigenvalue weighted by Crippen LogP contribution is 2.34. The Hall–Kier alpha value is -5.26. The fourth-order valence-corrected chi connectivity index (χ4v) is 11.0. The number of hydrogen-bond acceptors (Lipinski definition) is 17. The van der Waals surface area contributed by atoms with E-state index in [4.69, 9.17) is 32.7 Å². The van der Waals surface area contributed by atoms with E-state index in [9.17, 15) is 17.2 Å². The molecule has 356 valence electrons. The van der Waals surface area contributed by atoms with Gasteiger partial charge in [0.15, 0.2) is 9.84 Å². The zero-order valence-corrected chi connectivity index (χ0v) is 41.8. The van der Waals surface area contributed by atoms with Crippen LogP contribution in [0.4, 0.5) is 20.7 Å². The van der Waals surface area contributed by atoms with Crippen LogP contribution in [0.3, 0.4) is 0 Å². The van der Waals surface area contributed by atoms with Gasteiger partial charge in [-0.1, -0.05) is 23.2 Å². The van der Waals surface area contributed by atoms with Gasteiger partial charge < -0.3 is 19.3 Å². The molecule has 8 aromatic rings. The molecule has 68 heavy (non-hydrogen) atoms. The number of benzene rings is 2. The average molecular weight is 1040 g/mol. The van der Waals surface area contributed by atoms with E-state index in [1.807, 2.05) is 19.2 Å². The molecule has 2 fully saturated rings. The molecule has 16 nitrogen and oxygen atoms in total. The number of halogens is 4. The summed E-state index contributed by atoms with van der Waals surface area (Å²) in [7, 11) is -3.49. The van der Waals surface area contributed by atoms with Crippen molar-refractivity contribution in [3.8, 4) is 32.9 Å². The Kier molecular flexibility index (Phi) is 14.3. The second-order valence-corrected chi connectivity index (χ2v) is 22.0. The fraction of sp³-hybridized carbons (Fsp3) is 0.364. The van der Waals surface area contributed by atoms with Crippen LogP contribution in [0.2, 0.25) is 10.0 Å². The van der Waals surface area contributed by atoms with E-state index in [-0.39, 0.29) is 28.5 Å². The van der Waals surface area contributed by atoms with E-state index in [2.05, 4.69) is 56.8 Å². The van der Waals surface area contributed by atoms with Gasteiger partial charge in [0, 0.05) is 48.5 Å². The van der Waals surface area contributed by atoms with Crippen molar-refractivity contribution in [2.45, 2.75) is 61.5 Å². The molecule has 8 heterocycles. The van der Waals surface area contributed by atoms with Crippen LogP contribution >= 0.6 is 57.6 Å². The van der Waals surface area contributed by atoms with Gasteiger partial charge in [-0.15, -0.1) is 22.0 Å². The summed E-state index contributed by atoms with van der Waals surface area (Å²) in [6.07, 6.45) is 16.6. The lowest BCUT2D eigenvalue weighted by molar-refractivity contribution is 0.131. The molecule has 2 aliphatic rings. The number of thioether (sulfide) groups is 1. The Morgan fingerprint density at radius 3 is 1.50 bits per heavy atom. The average Bonchev–Trinajstić information content (AvgIpc) is 4.10. The second kappa shape index (κ2) is 20.4. The summed E-state index contributed by atoms with van der Waals surface area (Å²) >= 11 is 15.9. The molecule has 0 saturated carbocycles. The molecule has 0 aliphatic carbocycles. The van der Waals surface area contributed by atoms with Crippen LogP contribution in [0.5, 0.6) is 10.4 Å². The maximum Gasteiger partial charge on any atom is 0.294 e. The van der Waals surface area contributed by atoms with Gasteiger partial charge in [0.25, 0.3) is 10.4 Å². The quantitative estimate of drug-likeness (QED) is 0.106. The van der Waals surface area contributed by atoms with Gasteiger partial charge in [-0.3, -0.25) is 0 Å². The molecule has 0 radical (unpaired) electrons. The third-order valence-corrected chi connectivity index (χ3v) is 15.8. The summed E-state index contributed by atoms with van der Waals surface area (Å²) in [5.41, 5.74) is 1.62. The SMILES string of the molecule is CSc1ccc(-c2cn3nc(O[C@@H](C)C4CCN(c5ncc(Cl)cn5)CC4)sc3n2)c(F)c1.C[C@H](Oc1nn2cc(-c3ccc(S(C)(=O)=O)cc3F)nc2s1)C1CCN(c2ncc(Cl)cn2)CC1. The number of rotatable bonds is 12. The van der Waals surface area contributed by atoms with Crippen molar-refractivity contribution < 1.29 is 26.7 Å². The predicted octanol–water partition coefficient (Wildman–Crippen LogP) is 9.57. The Bertz CT molecular complexity index is 3080. The van der Waals surface area contributed by atoms with Gasteiger partial charge >= 0.3 is 0 Å². The standard InChI is InChI=1S/C22H22ClFN6O3S2.C22H22ClFN6OS2/c1-13(14-5-7-29(8-6-14)20-25-10-15(23)11-26-20)33-22-28-30-12-19(27-21(30)34-22)17-4-3-16(9-18(17)24)35(2,31)32;1-13(14-5-7-29(8-6-14)20-25-10-15(23)11-26-20)31-22-28-30-12-19(27-21(30)33-22)17-4-3-16(32-2)9-18(17)24/h3-4,9-14H,5-8H2,1-2H3;3-4,9-14H,5-8H2,1-2H3/t2*13-/m00/s1. The topological polar surface area (TPSA) is 171 Å². The van der Waals surface area contributed by atoms with Crippen LogP contribution in [0.25, 0.3) is 32.4 Å². The normalized spacial score (nSPS) is 15.9. The Labute approximate surface area is 412 Å². The van der Waals surface area contributed by atoms with E-state index < -0.39 is 15.7 Å². The molecule has 0 spiro atoms. The van der Waals surface area contributed by atoms with Crippen molar-refractivity contribution in [3.05, 3.63) is 95.3 Å². The predicted molar refractivity (Wildman–Crippen MR) is 262 cm³/mol. The van der Waals surface area contributed by atoms with Crippen molar-refractivity contribution in [1.82, 2.24) is 49.1 Å². The minimum absolute atomic E-state index is 0.0187. The molecule has 24 heteroatoms. The number of fused-ring (bicyclic) bond motifs is 2. The molecule has 6 aromatic heterocycles. The Morgan fingerprint density at radius 2 is 1.12 bits per heavy atom. The largest absolute Gasteiger partial charge is 0.466 e. The lowest BCUT2D eigenvalue weighted by atomic mass is 9.92. The van der Waals surface area contributed by atoms with E-state index in [0.717, 1.165) is 69.1 Å². The first-order valence-corrected chi connectivity index (χ1v) is 27.0. The maximum atomic E-state index is 14.5. The second-order valence-electron chi connectivity index (χ2n) is 16.4. The summed E-state index contributed by atoms with van der Waals surface area (Å²) in [5.74, 6) is 1.22. The molecule has 0 bridgehead atoms. The molecule has 0 N–H and O–H groups in total. The van der Waals surface area contributed by atoms with Crippen LogP contribution in [0.1, 0.15) is 39.5 Å². The highest BCUT2D eigenvalue weighted by Gasteiger charge is 2.29. The van der Waals surface area contributed by atoms with Crippen molar-refractivity contribution in [3.63, 3.8) is 0 Å². The number of ether oxygens (including phenoxy) is 2. The zero-order valence-electron chi connectivity index (χ0n) is 37.0. The number of sulfone groups is 1. The van der Waals surface area contributed by atoms with Gasteiger partial charge in [-0.05, 0) is 117 Å². The molecular formula is C44H44Cl2F2N12O4S4. The van der Waals surface area contributed by atoms with Crippen molar-refractivity contribution in [1.29, 1.82) is 0 Å². The van der Waals surface area contributed by atoms with E-state index in [0.29, 0.717) is 71.0 Å². The van der Waals surface area contributed by atoms with Gasteiger partial charge in [0.05, 0.1) is 63.5 Å². The summed E-state index contributed by atoms with van der Waals surface area (Å²) in [6, 6.07) is 8.97. The Morgan fingerprint density at radius 1 is 0.691 bits per heavy atom. The van der Waals surface area contributed by atoms with Crippen molar-refractivity contribution in [2.75, 3.05) is 48.5 Å². The summed E-state index contributed by atoms with van der Waals surface area (Å²) < 4.78 is 67.7. The smallest absolute Gasteiger partial charge is 0.294 e. The van der Waals surface area contributed by atoms with E-state index in [1.165, 1.54) is 52.6 Å². The third-order valence-electron chi connectivity index (χ3n) is 11.9. The van der Waals surface area contributed by atoms with Crippen LogP contribution in [-0.2, 0) is 9.84 Å². The van der Waals surface area contributed by atoms with Crippen molar-refractivity contribution in [2.24, 2.45) is 11.8 Å². The number of aromatic nitrogens is 10. The number of imidazole rings is 2. The summed E-state index contributed by atoms with van der Waals surface area (Å²) in [4.78, 5) is 32.5. The minimum Gasteiger partial charge on any atom is -0.466 e. The van der Waals surface area contributed by atoms with Gasteiger partial charge in [0.2, 0.25) is 21.8 Å². The molecule has 0 unspecified atom stereocenters. The highest BCUT2D eigenvalue weighted by atomic mass is 35.5. The summed E-state index contributed by atoms with van der Waals surface area (Å²) in [6.45, 7) is 7.50. The van der Waals surface area contributed by atoms with Crippen molar-refractivity contribution >= 4 is 89.3 Å². The molecule has 2 saturated heterocycles. The minimum atomic E-state index is -3.49. The molecule has 2 atom stereocenters. The van der Waals surface area contributed by atoms with Crippen LogP contribution in [0, 0.1) is 23.5 Å². The molecule has 10 rings (SSSR count). The summed E-state index contributed by atoms with van der Waals surface area (Å²) in [5, 5.41) is 11.1. The Balaban J connectivity index is 0.000000170. The lowest BCUT2D eigenvalue weighted by Gasteiger charge is -2.34. The zero-order chi connectivity index (χ0) is 47.7. The van der Waals surface area contributed by atoms with Gasteiger partial charge in [0.1, 0.15) is 23.8 Å². The van der Waals surface area contributed by atoms with E-state index >= 15 is 0 Å². The molecular weight excluding hydrogens is 998 g/mol. The van der Waals surface area contributed by atoms with E-state index in [1.54, 1.807) is 52.3 Å². The number of piperidine rings is 2. The molecule has 2 aromatic carbocycles. The van der Waals surface area contributed by atoms with Crippen LogP contribution < -0.4 is 19.3 Å². The number of nitrogens with zero attached hydrogens (tertiary/aromatic N) is 12. The first-order chi connectivity index (χ1) is 32.7. The fourth-order valence-electron chi connectivity index (χ4n) is 8.07. The highest BCUT2D eigenvalue weighted by molar-refractivity contribution is 7.98.